The first-order chi connectivity index (χ1) is 11.5. The van der Waals surface area contributed by atoms with Crippen molar-refractivity contribution in [2.75, 3.05) is 14.2 Å². The number of methoxy groups -OCH3 is 1. The summed E-state index contributed by atoms with van der Waals surface area (Å²) >= 11 is 0. The van der Waals surface area contributed by atoms with Gasteiger partial charge in [-0.1, -0.05) is 12.1 Å². The molecule has 1 aromatic carbocycles. The fraction of sp³-hybridized carbons (Fsp3) is 0.294. The van der Waals surface area contributed by atoms with E-state index in [1.165, 1.54) is 7.11 Å². The number of furan rings is 1. The first-order valence-electron chi connectivity index (χ1n) is 7.44. The number of benzene rings is 1. The van der Waals surface area contributed by atoms with Crippen LogP contribution in [0.15, 0.2) is 44.0 Å². The van der Waals surface area contributed by atoms with Crippen LogP contribution in [0.25, 0.3) is 11.1 Å². The lowest BCUT2D eigenvalue weighted by molar-refractivity contribution is 0.0599. The largest absolute Gasteiger partial charge is 0.465 e. The van der Waals surface area contributed by atoms with Crippen LogP contribution in [-0.4, -0.2) is 29.6 Å². The van der Waals surface area contributed by atoms with Crippen molar-refractivity contribution in [3.05, 3.63) is 58.0 Å². The number of fused-ring (bicyclic) bond motifs is 1. The zero-order valence-corrected chi connectivity index (χ0v) is 13.7. The molecule has 3 rings (SSSR count). The number of oxazole rings is 1. The third-order valence-electron chi connectivity index (χ3n) is 3.76. The molecule has 0 saturated carbocycles. The lowest BCUT2D eigenvalue weighted by Gasteiger charge is -2.15. The van der Waals surface area contributed by atoms with E-state index < -0.39 is 11.7 Å². The highest BCUT2D eigenvalue weighted by molar-refractivity contribution is 5.90. The highest BCUT2D eigenvalue weighted by atomic mass is 16.5. The Morgan fingerprint density at radius 2 is 2.04 bits per heavy atom. The number of ether oxygens (including phenoxy) is 1. The molecule has 0 aliphatic heterocycles. The Kier molecular flexibility index (Phi) is 4.26. The van der Waals surface area contributed by atoms with Crippen molar-refractivity contribution in [3.8, 4) is 0 Å². The summed E-state index contributed by atoms with van der Waals surface area (Å²) in [7, 11) is 3.18. The van der Waals surface area contributed by atoms with Gasteiger partial charge in [-0.2, -0.15) is 0 Å². The number of hydrogen-bond donors (Lipinski definition) is 0. The van der Waals surface area contributed by atoms with Crippen LogP contribution < -0.4 is 5.76 Å². The van der Waals surface area contributed by atoms with Crippen molar-refractivity contribution in [2.24, 2.45) is 0 Å². The molecule has 0 amide bonds. The zero-order chi connectivity index (χ0) is 17.3. The van der Waals surface area contributed by atoms with Gasteiger partial charge in [0.2, 0.25) is 0 Å². The maximum atomic E-state index is 12.0. The van der Waals surface area contributed by atoms with E-state index in [9.17, 15) is 9.59 Å². The van der Waals surface area contributed by atoms with Crippen LogP contribution in [0, 0.1) is 6.92 Å². The number of aryl methyl sites for hydroxylation is 1. The van der Waals surface area contributed by atoms with Crippen molar-refractivity contribution >= 4 is 17.1 Å². The number of aromatic nitrogens is 1. The predicted molar refractivity (Wildman–Crippen MR) is 86.7 cm³/mol. The fourth-order valence-corrected chi connectivity index (χ4v) is 2.64. The molecule has 0 unspecified atom stereocenters. The van der Waals surface area contributed by atoms with Crippen molar-refractivity contribution in [3.63, 3.8) is 0 Å². The SMILES string of the molecule is COC(=O)c1cc(CN(C)Cn2c(=O)oc3ccccc32)oc1C. The Labute approximate surface area is 138 Å². The van der Waals surface area contributed by atoms with Crippen LogP contribution >= 0.6 is 0 Å². The molecule has 7 nitrogen and oxygen atoms in total. The molecule has 0 saturated heterocycles. The van der Waals surface area contributed by atoms with Gasteiger partial charge < -0.3 is 13.6 Å². The second-order valence-corrected chi connectivity index (χ2v) is 5.59. The molecule has 0 N–H and O–H groups in total. The van der Waals surface area contributed by atoms with Crippen molar-refractivity contribution in [1.29, 1.82) is 0 Å². The molecular weight excluding hydrogens is 312 g/mol. The maximum absolute atomic E-state index is 12.0. The fourth-order valence-electron chi connectivity index (χ4n) is 2.64. The van der Waals surface area contributed by atoms with Crippen LogP contribution in [0.5, 0.6) is 0 Å². The molecule has 2 aromatic heterocycles. The van der Waals surface area contributed by atoms with E-state index in [0.29, 0.717) is 35.9 Å². The lowest BCUT2D eigenvalue weighted by Crippen LogP contribution is -2.26. The van der Waals surface area contributed by atoms with Crippen molar-refractivity contribution in [1.82, 2.24) is 9.47 Å². The van der Waals surface area contributed by atoms with Gasteiger partial charge >= 0.3 is 11.7 Å². The van der Waals surface area contributed by atoms with Gasteiger partial charge in [-0.3, -0.25) is 9.47 Å². The Bertz CT molecular complexity index is 934. The van der Waals surface area contributed by atoms with E-state index in [-0.39, 0.29) is 0 Å². The van der Waals surface area contributed by atoms with Crippen LogP contribution in [0.3, 0.4) is 0 Å². The van der Waals surface area contributed by atoms with Crippen LogP contribution in [0.1, 0.15) is 21.9 Å². The normalized spacial score (nSPS) is 11.3. The summed E-state index contributed by atoms with van der Waals surface area (Å²) in [6, 6.07) is 8.92. The van der Waals surface area contributed by atoms with Crippen molar-refractivity contribution < 1.29 is 18.4 Å². The summed E-state index contributed by atoms with van der Waals surface area (Å²) in [4.78, 5) is 25.5. The van der Waals surface area contributed by atoms with Gasteiger partial charge in [0.15, 0.2) is 5.58 Å². The summed E-state index contributed by atoms with van der Waals surface area (Å²) in [6.45, 7) is 2.48. The minimum Gasteiger partial charge on any atom is -0.465 e. The molecule has 24 heavy (non-hydrogen) atoms. The van der Waals surface area contributed by atoms with Crippen LogP contribution in [-0.2, 0) is 18.0 Å². The first-order valence-corrected chi connectivity index (χ1v) is 7.44. The zero-order valence-electron chi connectivity index (χ0n) is 13.7. The third-order valence-corrected chi connectivity index (χ3v) is 3.76. The molecule has 0 aliphatic carbocycles. The molecule has 7 heteroatoms. The number of carbonyl (C=O) groups is 1. The van der Waals surface area contributed by atoms with E-state index in [2.05, 4.69) is 0 Å². The molecule has 0 radical (unpaired) electrons. The van der Waals surface area contributed by atoms with Gasteiger partial charge in [-0.25, -0.2) is 9.59 Å². The second kappa shape index (κ2) is 6.37. The van der Waals surface area contributed by atoms with Crippen LogP contribution in [0.4, 0.5) is 0 Å². The molecular formula is C17H18N2O5. The van der Waals surface area contributed by atoms with E-state index >= 15 is 0 Å². The molecule has 0 atom stereocenters. The smallest absolute Gasteiger partial charge is 0.421 e. The highest BCUT2D eigenvalue weighted by Gasteiger charge is 2.17. The number of carbonyl (C=O) groups excluding carboxylic acids is 1. The average Bonchev–Trinajstić information content (AvgIpc) is 3.07. The van der Waals surface area contributed by atoms with Gasteiger partial charge in [0.05, 0.1) is 25.8 Å². The summed E-state index contributed by atoms with van der Waals surface area (Å²) in [5, 5.41) is 0. The quantitative estimate of drug-likeness (QED) is 0.668. The Morgan fingerprint density at radius 3 is 2.79 bits per heavy atom. The highest BCUT2D eigenvalue weighted by Crippen LogP contribution is 2.18. The van der Waals surface area contributed by atoms with E-state index in [0.717, 1.165) is 5.52 Å². The summed E-state index contributed by atoms with van der Waals surface area (Å²) < 4.78 is 17.1. The van der Waals surface area contributed by atoms with Gasteiger partial charge in [-0.05, 0) is 32.2 Å². The Hall–Kier alpha value is -2.80. The number of rotatable bonds is 5. The third kappa shape index (κ3) is 2.98. The molecule has 3 aromatic rings. The molecule has 0 bridgehead atoms. The molecule has 0 fully saturated rings. The number of esters is 1. The van der Waals surface area contributed by atoms with E-state index in [4.69, 9.17) is 13.6 Å². The average molecular weight is 330 g/mol. The monoisotopic (exact) mass is 330 g/mol. The summed E-state index contributed by atoms with van der Waals surface area (Å²) in [5.41, 5.74) is 1.70. The molecule has 0 spiro atoms. The van der Waals surface area contributed by atoms with Gasteiger partial charge in [-0.15, -0.1) is 0 Å². The first kappa shape index (κ1) is 16.1. The Morgan fingerprint density at radius 1 is 1.29 bits per heavy atom. The maximum Gasteiger partial charge on any atom is 0.421 e. The predicted octanol–water partition coefficient (Wildman–Crippen LogP) is 2.37. The molecule has 0 aliphatic rings. The van der Waals surface area contributed by atoms with Crippen LogP contribution in [0.2, 0.25) is 0 Å². The topological polar surface area (TPSA) is 77.8 Å². The summed E-state index contributed by atoms with van der Waals surface area (Å²) in [6.07, 6.45) is 0. The number of hydrogen-bond acceptors (Lipinski definition) is 6. The standard InChI is InChI=1S/C17H18N2O5/c1-11-13(16(20)22-3)8-12(23-11)9-18(2)10-19-14-6-4-5-7-15(14)24-17(19)21/h4-8H,9-10H2,1-3H3. The van der Waals surface area contributed by atoms with Gasteiger partial charge in [0.1, 0.15) is 17.1 Å². The van der Waals surface area contributed by atoms with E-state index in [1.54, 1.807) is 23.6 Å². The number of para-hydroxylation sites is 2. The van der Waals surface area contributed by atoms with Gasteiger partial charge in [0.25, 0.3) is 0 Å². The van der Waals surface area contributed by atoms with E-state index in [1.807, 2.05) is 30.1 Å². The minimum absolute atomic E-state index is 0.336. The second-order valence-electron chi connectivity index (χ2n) is 5.59. The van der Waals surface area contributed by atoms with Gasteiger partial charge in [0, 0.05) is 0 Å². The molecule has 2 heterocycles. The summed E-state index contributed by atoms with van der Waals surface area (Å²) in [5.74, 6) is 0.295. The minimum atomic E-state index is -0.429. The Balaban J connectivity index is 1.78. The van der Waals surface area contributed by atoms with Crippen molar-refractivity contribution in [2.45, 2.75) is 20.1 Å². The number of nitrogens with zero attached hydrogens (tertiary/aromatic N) is 2. The lowest BCUT2D eigenvalue weighted by atomic mass is 10.2. The molecule has 126 valence electrons.